The second-order valence-electron chi connectivity index (χ2n) is 5.20. The van der Waals surface area contributed by atoms with Crippen molar-refractivity contribution < 1.29 is 19.5 Å². The van der Waals surface area contributed by atoms with Crippen molar-refractivity contribution >= 4 is 17.8 Å². The average molecular weight is 270 g/mol. The van der Waals surface area contributed by atoms with E-state index in [0.29, 0.717) is 6.54 Å². The van der Waals surface area contributed by atoms with E-state index in [2.05, 4.69) is 5.32 Å². The number of amides is 2. The molecule has 1 aliphatic heterocycles. The quantitative estimate of drug-likeness (QED) is 0.783. The van der Waals surface area contributed by atoms with Crippen molar-refractivity contribution in [2.24, 2.45) is 11.8 Å². The molecular weight excluding hydrogens is 248 g/mol. The molecule has 6 nitrogen and oxygen atoms in total. The molecule has 0 aliphatic carbocycles. The van der Waals surface area contributed by atoms with Crippen molar-refractivity contribution in [3.05, 3.63) is 0 Å². The topological polar surface area (TPSA) is 86.7 Å². The molecule has 0 bridgehead atoms. The van der Waals surface area contributed by atoms with E-state index in [1.54, 1.807) is 0 Å². The fraction of sp³-hybridized carbons (Fsp3) is 0.769. The van der Waals surface area contributed by atoms with Gasteiger partial charge in [0.1, 0.15) is 6.54 Å². The van der Waals surface area contributed by atoms with E-state index in [1.165, 1.54) is 4.90 Å². The van der Waals surface area contributed by atoms with Crippen LogP contribution in [0.3, 0.4) is 0 Å². The Morgan fingerprint density at radius 2 is 2.00 bits per heavy atom. The minimum Gasteiger partial charge on any atom is -0.465 e. The second kappa shape index (κ2) is 6.54. The summed E-state index contributed by atoms with van der Waals surface area (Å²) in [6.45, 7) is 5.92. The summed E-state index contributed by atoms with van der Waals surface area (Å²) in [5.41, 5.74) is 0. The maximum atomic E-state index is 12.2. The standard InChI is InChI=1S/C13H22N2O4/c1-4-9-5-6-15(10(16)7-14-13(18)19)11(9)12(17)8(2)3/h8-9,11,14H,4-7H2,1-3H3,(H,18,19). The molecule has 0 radical (unpaired) electrons. The van der Waals surface area contributed by atoms with Crippen molar-refractivity contribution in [1.82, 2.24) is 10.2 Å². The van der Waals surface area contributed by atoms with E-state index in [4.69, 9.17) is 5.11 Å². The Bertz CT molecular complexity index is 368. The maximum Gasteiger partial charge on any atom is 0.405 e. The van der Waals surface area contributed by atoms with Gasteiger partial charge in [0.25, 0.3) is 0 Å². The first-order valence-electron chi connectivity index (χ1n) is 6.68. The van der Waals surface area contributed by atoms with Crippen LogP contribution in [0.2, 0.25) is 0 Å². The maximum absolute atomic E-state index is 12.2. The van der Waals surface area contributed by atoms with E-state index in [9.17, 15) is 14.4 Å². The van der Waals surface area contributed by atoms with Crippen LogP contribution >= 0.6 is 0 Å². The predicted octanol–water partition coefficient (Wildman–Crippen LogP) is 1.11. The molecule has 19 heavy (non-hydrogen) atoms. The first-order chi connectivity index (χ1) is 8.88. The summed E-state index contributed by atoms with van der Waals surface area (Å²) >= 11 is 0. The van der Waals surface area contributed by atoms with Gasteiger partial charge in [0.15, 0.2) is 5.78 Å². The van der Waals surface area contributed by atoms with Crippen LogP contribution in [0.25, 0.3) is 0 Å². The van der Waals surface area contributed by atoms with Crippen molar-refractivity contribution in [3.63, 3.8) is 0 Å². The van der Waals surface area contributed by atoms with Gasteiger partial charge >= 0.3 is 6.09 Å². The number of carbonyl (C=O) groups is 3. The summed E-state index contributed by atoms with van der Waals surface area (Å²) < 4.78 is 0. The number of ketones is 1. The zero-order chi connectivity index (χ0) is 14.6. The lowest BCUT2D eigenvalue weighted by atomic mass is 9.89. The van der Waals surface area contributed by atoms with Crippen molar-refractivity contribution in [1.29, 1.82) is 0 Å². The average Bonchev–Trinajstić information content (AvgIpc) is 2.78. The van der Waals surface area contributed by atoms with Gasteiger partial charge in [-0.3, -0.25) is 9.59 Å². The SMILES string of the molecule is CCC1CCN(C(=O)CNC(=O)O)C1C(=O)C(C)C. The van der Waals surface area contributed by atoms with Gasteiger partial charge in [-0.1, -0.05) is 27.2 Å². The minimum absolute atomic E-state index is 0.0630. The number of nitrogens with one attached hydrogen (secondary N) is 1. The Hall–Kier alpha value is -1.59. The van der Waals surface area contributed by atoms with Gasteiger partial charge in [0, 0.05) is 12.5 Å². The number of hydrogen-bond donors (Lipinski definition) is 2. The van der Waals surface area contributed by atoms with Crippen LogP contribution in [-0.4, -0.2) is 46.9 Å². The lowest BCUT2D eigenvalue weighted by Gasteiger charge is -2.28. The van der Waals surface area contributed by atoms with Gasteiger partial charge in [-0.25, -0.2) is 4.79 Å². The zero-order valence-corrected chi connectivity index (χ0v) is 11.7. The van der Waals surface area contributed by atoms with Crippen LogP contribution in [0.15, 0.2) is 0 Å². The fourth-order valence-corrected chi connectivity index (χ4v) is 2.54. The molecule has 1 aliphatic rings. The highest BCUT2D eigenvalue weighted by Gasteiger charge is 2.41. The Morgan fingerprint density at radius 3 is 2.47 bits per heavy atom. The molecule has 1 saturated heterocycles. The molecule has 1 rings (SSSR count). The second-order valence-corrected chi connectivity index (χ2v) is 5.20. The summed E-state index contributed by atoms with van der Waals surface area (Å²) in [5, 5.41) is 10.6. The zero-order valence-electron chi connectivity index (χ0n) is 11.7. The van der Waals surface area contributed by atoms with Gasteiger partial charge in [-0.15, -0.1) is 0 Å². The molecule has 0 saturated carbocycles. The van der Waals surface area contributed by atoms with Crippen LogP contribution < -0.4 is 5.32 Å². The van der Waals surface area contributed by atoms with Crippen LogP contribution in [-0.2, 0) is 9.59 Å². The van der Waals surface area contributed by atoms with Gasteiger partial charge in [-0.05, 0) is 12.3 Å². The Morgan fingerprint density at radius 1 is 1.37 bits per heavy atom. The highest BCUT2D eigenvalue weighted by Crippen LogP contribution is 2.29. The summed E-state index contributed by atoms with van der Waals surface area (Å²) in [4.78, 5) is 36.2. The van der Waals surface area contributed by atoms with Crippen LogP contribution in [0.1, 0.15) is 33.6 Å². The number of carbonyl (C=O) groups excluding carboxylic acids is 2. The summed E-state index contributed by atoms with van der Waals surface area (Å²) in [5.74, 6) is -0.200. The molecule has 0 aromatic rings. The predicted molar refractivity (Wildman–Crippen MR) is 69.8 cm³/mol. The molecule has 0 aromatic heterocycles. The normalized spacial score (nSPS) is 22.6. The molecule has 1 fully saturated rings. The van der Waals surface area contributed by atoms with E-state index in [-0.39, 0.29) is 30.1 Å². The fourth-order valence-electron chi connectivity index (χ4n) is 2.54. The Kier molecular flexibility index (Phi) is 5.32. The van der Waals surface area contributed by atoms with Crippen molar-refractivity contribution in [3.8, 4) is 0 Å². The number of Topliss-reactive ketones (excluding diaryl/α,β-unsaturated/α-hetero) is 1. The van der Waals surface area contributed by atoms with Crippen LogP contribution in [0.4, 0.5) is 4.79 Å². The number of carboxylic acid groups (broad SMARTS) is 1. The molecule has 2 amide bonds. The Balaban J connectivity index is 2.78. The number of nitrogens with zero attached hydrogens (tertiary/aromatic N) is 1. The van der Waals surface area contributed by atoms with E-state index in [1.807, 2.05) is 20.8 Å². The summed E-state index contributed by atoms with van der Waals surface area (Å²) in [6, 6.07) is -0.395. The van der Waals surface area contributed by atoms with E-state index >= 15 is 0 Å². The first kappa shape index (κ1) is 15.5. The highest BCUT2D eigenvalue weighted by atomic mass is 16.4. The molecule has 6 heteroatoms. The number of rotatable bonds is 5. The molecule has 1 heterocycles. The van der Waals surface area contributed by atoms with Crippen LogP contribution in [0, 0.1) is 11.8 Å². The molecule has 2 N–H and O–H groups in total. The molecule has 0 aromatic carbocycles. The van der Waals surface area contributed by atoms with Gasteiger partial charge in [-0.2, -0.15) is 0 Å². The van der Waals surface area contributed by atoms with Gasteiger partial charge in [0.05, 0.1) is 6.04 Å². The smallest absolute Gasteiger partial charge is 0.405 e. The van der Waals surface area contributed by atoms with Crippen molar-refractivity contribution in [2.45, 2.75) is 39.7 Å². The van der Waals surface area contributed by atoms with Crippen molar-refractivity contribution in [2.75, 3.05) is 13.1 Å². The van der Waals surface area contributed by atoms with E-state index < -0.39 is 12.1 Å². The highest BCUT2D eigenvalue weighted by molar-refractivity contribution is 5.92. The third kappa shape index (κ3) is 3.68. The summed E-state index contributed by atoms with van der Waals surface area (Å²) in [6.07, 6.45) is 0.420. The summed E-state index contributed by atoms with van der Waals surface area (Å²) in [7, 11) is 0. The Labute approximate surface area is 113 Å². The molecule has 2 atom stereocenters. The molecule has 2 unspecified atom stereocenters. The minimum atomic E-state index is -1.23. The number of hydrogen-bond acceptors (Lipinski definition) is 3. The van der Waals surface area contributed by atoms with Crippen LogP contribution in [0.5, 0.6) is 0 Å². The van der Waals surface area contributed by atoms with Gasteiger partial charge < -0.3 is 15.3 Å². The lowest BCUT2D eigenvalue weighted by molar-refractivity contribution is -0.139. The monoisotopic (exact) mass is 270 g/mol. The molecular formula is C13H22N2O4. The molecule has 0 spiro atoms. The third-order valence-electron chi connectivity index (χ3n) is 3.62. The van der Waals surface area contributed by atoms with E-state index in [0.717, 1.165) is 12.8 Å². The third-order valence-corrected chi connectivity index (χ3v) is 3.62. The lowest BCUT2D eigenvalue weighted by Crippen LogP contribution is -2.48. The first-order valence-corrected chi connectivity index (χ1v) is 6.68. The number of likely N-dealkylation sites (tertiary alicyclic amines) is 1. The molecule has 108 valence electrons. The van der Waals surface area contributed by atoms with Gasteiger partial charge in [0.2, 0.25) is 5.91 Å². The largest absolute Gasteiger partial charge is 0.465 e.